The van der Waals surface area contributed by atoms with Crippen LogP contribution in [0.1, 0.15) is 23.5 Å². The topological polar surface area (TPSA) is 46.0 Å². The van der Waals surface area contributed by atoms with Gasteiger partial charge in [-0.15, -0.1) is 0 Å². The second kappa shape index (κ2) is 8.09. The average Bonchev–Trinajstić information content (AvgIpc) is 3.40. The van der Waals surface area contributed by atoms with Gasteiger partial charge in [0.15, 0.2) is 5.11 Å². The fraction of sp³-hybridized carbons (Fsp3) is 0.0870. The lowest BCUT2D eigenvalue weighted by Gasteiger charge is -2.28. The molecule has 3 aromatic heterocycles. The van der Waals surface area contributed by atoms with Crippen LogP contribution in [0, 0.1) is 5.82 Å². The van der Waals surface area contributed by atoms with E-state index in [1.54, 1.807) is 30.6 Å². The van der Waals surface area contributed by atoms with Crippen molar-refractivity contribution in [3.8, 4) is 5.82 Å². The van der Waals surface area contributed by atoms with E-state index in [0.717, 1.165) is 22.9 Å². The molecule has 0 spiro atoms. The lowest BCUT2D eigenvalue weighted by Crippen LogP contribution is -2.30. The highest BCUT2D eigenvalue weighted by molar-refractivity contribution is 7.80. The van der Waals surface area contributed by atoms with Gasteiger partial charge in [0.25, 0.3) is 0 Å². The highest BCUT2D eigenvalue weighted by Gasteiger charge is 2.42. The predicted molar refractivity (Wildman–Crippen MR) is 123 cm³/mol. The normalized spacial score (nSPS) is 18.3. The summed E-state index contributed by atoms with van der Waals surface area (Å²) in [6, 6.07) is 19.3. The lowest BCUT2D eigenvalue weighted by atomic mass is 10.0. The maximum absolute atomic E-state index is 13.6. The molecule has 31 heavy (non-hydrogen) atoms. The number of thiocarbonyl (C=S) groups is 1. The molecular weight excluding hydrogens is 433 g/mol. The van der Waals surface area contributed by atoms with Gasteiger partial charge in [-0.2, -0.15) is 0 Å². The number of hydrogen-bond acceptors (Lipinski definition) is 3. The highest BCUT2D eigenvalue weighted by atomic mass is 35.5. The number of aromatic nitrogens is 3. The summed E-state index contributed by atoms with van der Waals surface area (Å²) in [5.74, 6) is 0.439. The Morgan fingerprint density at radius 2 is 1.81 bits per heavy atom. The summed E-state index contributed by atoms with van der Waals surface area (Å²) in [7, 11) is 0. The Kier molecular flexibility index (Phi) is 5.13. The van der Waals surface area contributed by atoms with E-state index in [2.05, 4.69) is 15.3 Å². The highest BCUT2D eigenvalue weighted by Crippen LogP contribution is 2.42. The van der Waals surface area contributed by atoms with E-state index >= 15 is 0 Å². The smallest absolute Gasteiger partial charge is 0.174 e. The Bertz CT molecular complexity index is 1210. The van der Waals surface area contributed by atoms with Crippen molar-refractivity contribution in [2.24, 2.45) is 0 Å². The first-order valence-corrected chi connectivity index (χ1v) is 10.5. The van der Waals surface area contributed by atoms with Gasteiger partial charge in [0, 0.05) is 30.0 Å². The molecule has 1 aliphatic rings. The van der Waals surface area contributed by atoms with Gasteiger partial charge in [0.05, 0.1) is 16.8 Å². The number of nitrogens with one attached hydrogen (secondary N) is 1. The minimum absolute atomic E-state index is 0.209. The van der Waals surface area contributed by atoms with Gasteiger partial charge in [-0.05, 0) is 72.9 Å². The summed E-state index contributed by atoms with van der Waals surface area (Å²) in [5.41, 5.74) is 2.61. The van der Waals surface area contributed by atoms with Crippen LogP contribution in [0.3, 0.4) is 0 Å². The Balaban J connectivity index is 1.66. The first-order chi connectivity index (χ1) is 15.1. The summed E-state index contributed by atoms with van der Waals surface area (Å²) >= 11 is 11.7. The van der Waals surface area contributed by atoms with E-state index in [1.807, 2.05) is 52.1 Å². The maximum atomic E-state index is 13.6. The van der Waals surface area contributed by atoms with Crippen molar-refractivity contribution in [2.45, 2.75) is 12.1 Å². The number of pyridine rings is 2. The zero-order valence-electron chi connectivity index (χ0n) is 16.2. The Hall–Kier alpha value is -3.29. The number of halogens is 2. The summed E-state index contributed by atoms with van der Waals surface area (Å²) in [6.45, 7) is 0. The number of benzene rings is 1. The van der Waals surface area contributed by atoms with Gasteiger partial charge < -0.3 is 14.8 Å². The Morgan fingerprint density at radius 1 is 0.968 bits per heavy atom. The third kappa shape index (κ3) is 3.66. The molecule has 2 atom stereocenters. The van der Waals surface area contributed by atoms with Gasteiger partial charge in [0.1, 0.15) is 17.7 Å². The van der Waals surface area contributed by atoms with Gasteiger partial charge in [-0.3, -0.25) is 4.98 Å². The molecule has 1 saturated heterocycles. The van der Waals surface area contributed by atoms with E-state index in [4.69, 9.17) is 23.8 Å². The molecule has 0 unspecified atom stereocenters. The van der Waals surface area contributed by atoms with Crippen LogP contribution in [0.15, 0.2) is 85.3 Å². The summed E-state index contributed by atoms with van der Waals surface area (Å²) in [5, 5.41) is 4.52. The molecule has 0 aliphatic carbocycles. The van der Waals surface area contributed by atoms with Crippen molar-refractivity contribution in [2.75, 3.05) is 4.90 Å². The van der Waals surface area contributed by atoms with E-state index in [0.29, 0.717) is 10.1 Å². The van der Waals surface area contributed by atoms with Crippen LogP contribution in [0.4, 0.5) is 10.1 Å². The summed E-state index contributed by atoms with van der Waals surface area (Å²) < 4.78 is 15.6. The van der Waals surface area contributed by atoms with Crippen molar-refractivity contribution in [3.63, 3.8) is 0 Å². The van der Waals surface area contributed by atoms with Gasteiger partial charge in [-0.25, -0.2) is 9.37 Å². The fourth-order valence-electron chi connectivity index (χ4n) is 3.89. The van der Waals surface area contributed by atoms with E-state index < -0.39 is 0 Å². The molecule has 0 saturated carbocycles. The van der Waals surface area contributed by atoms with Crippen molar-refractivity contribution < 1.29 is 4.39 Å². The van der Waals surface area contributed by atoms with E-state index in [-0.39, 0.29) is 17.9 Å². The van der Waals surface area contributed by atoms with Crippen LogP contribution in [-0.2, 0) is 0 Å². The van der Waals surface area contributed by atoms with Crippen molar-refractivity contribution >= 4 is 34.6 Å². The number of rotatable bonds is 4. The molecule has 0 bridgehead atoms. The molecule has 4 heterocycles. The Morgan fingerprint density at radius 3 is 2.52 bits per heavy atom. The molecule has 1 fully saturated rings. The van der Waals surface area contributed by atoms with E-state index in [9.17, 15) is 4.39 Å². The van der Waals surface area contributed by atoms with E-state index in [1.165, 1.54) is 12.1 Å². The molecule has 1 aromatic carbocycles. The standard InChI is InChI=1S/C23H17ClFN5S/c24-15-6-11-20(27-14-15)29-13-3-5-19(29)22-21(18-4-1-2-12-26-18)28-23(31)30(22)17-9-7-16(25)8-10-17/h1-14,21-22H,(H,28,31)/t21-,22+/m0/s1. The van der Waals surface area contributed by atoms with Gasteiger partial charge >= 0.3 is 0 Å². The van der Waals surface area contributed by atoms with Crippen LogP contribution >= 0.6 is 23.8 Å². The molecule has 154 valence electrons. The third-order valence-corrected chi connectivity index (χ3v) is 5.78. The quantitative estimate of drug-likeness (QED) is 0.432. The molecule has 8 heteroatoms. The summed E-state index contributed by atoms with van der Waals surface area (Å²) in [6.07, 6.45) is 5.33. The maximum Gasteiger partial charge on any atom is 0.174 e. The fourth-order valence-corrected chi connectivity index (χ4v) is 4.35. The largest absolute Gasteiger partial charge is 0.351 e. The first kappa shape index (κ1) is 19.7. The molecule has 1 aliphatic heterocycles. The van der Waals surface area contributed by atoms with Crippen molar-refractivity contribution in [3.05, 3.63) is 108 Å². The zero-order chi connectivity index (χ0) is 21.4. The molecule has 5 nitrogen and oxygen atoms in total. The number of nitrogens with zero attached hydrogens (tertiary/aromatic N) is 4. The minimum Gasteiger partial charge on any atom is -0.351 e. The van der Waals surface area contributed by atoms with Crippen LogP contribution in [0.25, 0.3) is 5.82 Å². The number of anilines is 1. The number of hydrogen-bond donors (Lipinski definition) is 1. The zero-order valence-corrected chi connectivity index (χ0v) is 17.8. The van der Waals surface area contributed by atoms with Gasteiger partial charge in [-0.1, -0.05) is 17.7 Å². The first-order valence-electron chi connectivity index (χ1n) is 9.67. The monoisotopic (exact) mass is 449 g/mol. The molecule has 0 radical (unpaired) electrons. The van der Waals surface area contributed by atoms with Crippen molar-refractivity contribution in [1.82, 2.24) is 19.9 Å². The third-order valence-electron chi connectivity index (χ3n) is 5.24. The lowest BCUT2D eigenvalue weighted by molar-refractivity contribution is 0.548. The summed E-state index contributed by atoms with van der Waals surface area (Å²) in [4.78, 5) is 11.0. The predicted octanol–water partition coefficient (Wildman–Crippen LogP) is 5.24. The molecule has 5 rings (SSSR count). The second-order valence-corrected chi connectivity index (χ2v) is 7.93. The molecule has 1 N–H and O–H groups in total. The second-order valence-electron chi connectivity index (χ2n) is 7.11. The van der Waals surface area contributed by atoms with Crippen LogP contribution in [0.5, 0.6) is 0 Å². The van der Waals surface area contributed by atoms with Gasteiger partial charge in [0.2, 0.25) is 0 Å². The molecule has 4 aromatic rings. The minimum atomic E-state index is -0.298. The molecular formula is C23H17ClFN5S. The molecule has 0 amide bonds. The van der Waals surface area contributed by atoms with Crippen molar-refractivity contribution in [1.29, 1.82) is 0 Å². The SMILES string of the molecule is Fc1ccc(N2C(=S)N[C@@H](c3ccccn3)[C@H]2c2cccn2-c2ccc(Cl)cn2)cc1. The van der Waals surface area contributed by atoms with Crippen LogP contribution in [0.2, 0.25) is 5.02 Å². The Labute approximate surface area is 189 Å². The van der Waals surface area contributed by atoms with Crippen LogP contribution < -0.4 is 10.2 Å². The van der Waals surface area contributed by atoms with Crippen LogP contribution in [-0.4, -0.2) is 19.6 Å². The average molecular weight is 450 g/mol.